The third-order valence-corrected chi connectivity index (χ3v) is 0.359. The SMILES string of the molecule is C=C=CC(C)O.CC(=O)O. The maximum Gasteiger partial charge on any atom is 0.300 e. The zero-order valence-corrected chi connectivity index (χ0v) is 6.16. The number of carboxylic acids is 1. The van der Waals surface area contributed by atoms with Gasteiger partial charge < -0.3 is 10.2 Å². The number of hydrogen-bond donors (Lipinski definition) is 2. The number of rotatable bonds is 1. The highest BCUT2D eigenvalue weighted by Gasteiger charge is 1.77. The Bertz CT molecular complexity index is 128. The molecule has 2 N–H and O–H groups in total. The lowest BCUT2D eigenvalue weighted by Gasteiger charge is -1.84. The molecule has 0 heterocycles. The van der Waals surface area contributed by atoms with E-state index in [2.05, 4.69) is 12.3 Å². The maximum atomic E-state index is 9.00. The molecule has 0 aliphatic rings. The van der Waals surface area contributed by atoms with Crippen molar-refractivity contribution in [2.24, 2.45) is 0 Å². The lowest BCUT2D eigenvalue weighted by atomic mass is 10.4. The van der Waals surface area contributed by atoms with Crippen LogP contribution < -0.4 is 0 Å². The summed E-state index contributed by atoms with van der Waals surface area (Å²) >= 11 is 0. The Balaban J connectivity index is 0. The minimum atomic E-state index is -0.833. The van der Waals surface area contributed by atoms with Crippen molar-refractivity contribution in [1.82, 2.24) is 0 Å². The van der Waals surface area contributed by atoms with Crippen molar-refractivity contribution in [3.63, 3.8) is 0 Å². The van der Waals surface area contributed by atoms with Crippen LogP contribution in [0, 0.1) is 0 Å². The lowest BCUT2D eigenvalue weighted by molar-refractivity contribution is -0.134. The van der Waals surface area contributed by atoms with Gasteiger partial charge in [0.15, 0.2) is 0 Å². The zero-order valence-electron chi connectivity index (χ0n) is 6.16. The minimum Gasteiger partial charge on any atom is -0.481 e. The molecule has 0 radical (unpaired) electrons. The van der Waals surface area contributed by atoms with E-state index in [1.54, 1.807) is 6.92 Å². The summed E-state index contributed by atoms with van der Waals surface area (Å²) in [6, 6.07) is 0. The fourth-order valence-corrected chi connectivity index (χ4v) is 0.171. The second-order valence-corrected chi connectivity index (χ2v) is 1.63. The summed E-state index contributed by atoms with van der Waals surface area (Å²) in [5.41, 5.74) is 2.44. The van der Waals surface area contributed by atoms with Gasteiger partial charge in [-0.1, -0.05) is 6.58 Å². The average molecular weight is 144 g/mol. The molecule has 10 heavy (non-hydrogen) atoms. The summed E-state index contributed by atoms with van der Waals surface area (Å²) in [5.74, 6) is -0.833. The first-order valence-corrected chi connectivity index (χ1v) is 2.74. The molecule has 0 saturated carbocycles. The standard InChI is InChI=1S/C5H8O.C2H4O2/c1-3-4-5(2)6;1-2(3)4/h4-6H,1H2,2H3;1H3,(H,3,4). The molecule has 1 unspecified atom stereocenters. The highest BCUT2D eigenvalue weighted by Crippen LogP contribution is 1.75. The average Bonchev–Trinajstić information content (AvgIpc) is 1.62. The summed E-state index contributed by atoms with van der Waals surface area (Å²) in [5, 5.41) is 15.8. The molecule has 0 amide bonds. The molecule has 0 bridgehead atoms. The van der Waals surface area contributed by atoms with E-state index < -0.39 is 12.1 Å². The van der Waals surface area contributed by atoms with Gasteiger partial charge in [0.2, 0.25) is 0 Å². The molecule has 0 aromatic heterocycles. The highest BCUT2D eigenvalue weighted by molar-refractivity contribution is 5.62. The van der Waals surface area contributed by atoms with E-state index >= 15 is 0 Å². The van der Waals surface area contributed by atoms with Gasteiger partial charge >= 0.3 is 0 Å². The second kappa shape index (κ2) is 7.95. The molecule has 0 saturated heterocycles. The van der Waals surface area contributed by atoms with Crippen molar-refractivity contribution in [2.45, 2.75) is 20.0 Å². The van der Waals surface area contributed by atoms with Crippen LogP contribution >= 0.6 is 0 Å². The van der Waals surface area contributed by atoms with Gasteiger partial charge in [-0.25, -0.2) is 0 Å². The monoisotopic (exact) mass is 144 g/mol. The van der Waals surface area contributed by atoms with Crippen molar-refractivity contribution >= 4 is 5.97 Å². The van der Waals surface area contributed by atoms with E-state index in [4.69, 9.17) is 15.0 Å². The Morgan fingerprint density at radius 3 is 2.10 bits per heavy atom. The predicted molar refractivity (Wildman–Crippen MR) is 38.7 cm³/mol. The Morgan fingerprint density at radius 2 is 2.10 bits per heavy atom. The summed E-state index contributed by atoms with van der Waals surface area (Å²) < 4.78 is 0. The largest absolute Gasteiger partial charge is 0.481 e. The van der Waals surface area contributed by atoms with Gasteiger partial charge in [0.1, 0.15) is 0 Å². The van der Waals surface area contributed by atoms with E-state index in [1.807, 2.05) is 0 Å². The summed E-state index contributed by atoms with van der Waals surface area (Å²) in [6.45, 7) is 5.99. The predicted octanol–water partition coefficient (Wildman–Crippen LogP) is 0.799. The molecule has 0 aromatic carbocycles. The van der Waals surface area contributed by atoms with Gasteiger partial charge in [-0.3, -0.25) is 4.79 Å². The van der Waals surface area contributed by atoms with Gasteiger partial charge in [-0.05, 0) is 13.0 Å². The molecule has 0 spiro atoms. The normalized spacial score (nSPS) is 9.90. The zero-order chi connectivity index (χ0) is 8.57. The lowest BCUT2D eigenvalue weighted by Crippen LogP contribution is -1.89. The Kier molecular flexibility index (Phi) is 9.31. The fourth-order valence-electron chi connectivity index (χ4n) is 0.171. The van der Waals surface area contributed by atoms with Crippen molar-refractivity contribution in [3.8, 4) is 0 Å². The molecule has 0 rings (SSSR count). The summed E-state index contributed by atoms with van der Waals surface area (Å²) in [6.07, 6.45) is 1.09. The Labute approximate surface area is 60.3 Å². The number of carbonyl (C=O) groups is 1. The van der Waals surface area contributed by atoms with E-state index in [-0.39, 0.29) is 0 Å². The van der Waals surface area contributed by atoms with Gasteiger partial charge in [0, 0.05) is 6.92 Å². The van der Waals surface area contributed by atoms with Gasteiger partial charge in [-0.2, -0.15) is 0 Å². The van der Waals surface area contributed by atoms with Crippen LogP contribution in [0.3, 0.4) is 0 Å². The van der Waals surface area contributed by atoms with Crippen LogP contribution in [0.25, 0.3) is 0 Å². The van der Waals surface area contributed by atoms with Crippen LogP contribution in [0.15, 0.2) is 18.4 Å². The first kappa shape index (κ1) is 11.7. The molecule has 3 nitrogen and oxygen atoms in total. The number of aliphatic carboxylic acids is 1. The van der Waals surface area contributed by atoms with Crippen LogP contribution in [0.4, 0.5) is 0 Å². The Hall–Kier alpha value is -1.05. The van der Waals surface area contributed by atoms with E-state index in [9.17, 15) is 0 Å². The van der Waals surface area contributed by atoms with Crippen LogP contribution in [0.2, 0.25) is 0 Å². The molecular formula is C7H12O3. The summed E-state index contributed by atoms with van der Waals surface area (Å²) in [7, 11) is 0. The quantitative estimate of drug-likeness (QED) is 0.535. The number of aliphatic hydroxyl groups excluding tert-OH is 1. The molecule has 3 heteroatoms. The van der Waals surface area contributed by atoms with Crippen LogP contribution in [0.1, 0.15) is 13.8 Å². The van der Waals surface area contributed by atoms with Crippen LogP contribution in [0.5, 0.6) is 0 Å². The molecule has 0 aliphatic carbocycles. The first-order chi connectivity index (χ1) is 4.50. The summed E-state index contributed by atoms with van der Waals surface area (Å²) in [4.78, 5) is 9.00. The van der Waals surface area contributed by atoms with Gasteiger partial charge in [-0.15, -0.1) is 5.73 Å². The maximum absolute atomic E-state index is 9.00. The third-order valence-electron chi connectivity index (χ3n) is 0.359. The molecule has 0 aromatic rings. The Morgan fingerprint density at radius 1 is 1.80 bits per heavy atom. The van der Waals surface area contributed by atoms with E-state index in [1.165, 1.54) is 6.08 Å². The molecule has 0 aliphatic heterocycles. The molecule has 0 fully saturated rings. The van der Waals surface area contributed by atoms with Crippen LogP contribution in [-0.4, -0.2) is 22.3 Å². The van der Waals surface area contributed by atoms with Crippen molar-refractivity contribution in [3.05, 3.63) is 18.4 Å². The van der Waals surface area contributed by atoms with Crippen molar-refractivity contribution in [2.75, 3.05) is 0 Å². The van der Waals surface area contributed by atoms with E-state index in [0.717, 1.165) is 6.92 Å². The smallest absolute Gasteiger partial charge is 0.300 e. The van der Waals surface area contributed by atoms with Crippen LogP contribution in [-0.2, 0) is 4.79 Å². The molecular weight excluding hydrogens is 132 g/mol. The van der Waals surface area contributed by atoms with E-state index in [0.29, 0.717) is 0 Å². The van der Waals surface area contributed by atoms with Gasteiger partial charge in [0.25, 0.3) is 5.97 Å². The topological polar surface area (TPSA) is 57.5 Å². The van der Waals surface area contributed by atoms with Crippen molar-refractivity contribution < 1.29 is 15.0 Å². The number of carboxylic acid groups (broad SMARTS) is 1. The first-order valence-electron chi connectivity index (χ1n) is 2.74. The third kappa shape index (κ3) is 64.7. The highest BCUT2D eigenvalue weighted by atomic mass is 16.4. The second-order valence-electron chi connectivity index (χ2n) is 1.63. The van der Waals surface area contributed by atoms with Gasteiger partial charge in [0.05, 0.1) is 6.10 Å². The number of aliphatic hydroxyl groups is 1. The fraction of sp³-hybridized carbons (Fsp3) is 0.429. The minimum absolute atomic E-state index is 0.400. The van der Waals surface area contributed by atoms with Crippen molar-refractivity contribution in [1.29, 1.82) is 0 Å². The molecule has 58 valence electrons. The number of hydrogen-bond acceptors (Lipinski definition) is 2. The molecule has 1 atom stereocenters.